The van der Waals surface area contributed by atoms with E-state index in [9.17, 15) is 14.0 Å². The Labute approximate surface area is 190 Å². The second kappa shape index (κ2) is 9.12. The Hall–Kier alpha value is -4.20. The van der Waals surface area contributed by atoms with Crippen LogP contribution in [-0.2, 0) is 13.5 Å². The van der Waals surface area contributed by atoms with Crippen LogP contribution in [0.2, 0.25) is 0 Å². The average Bonchev–Trinajstić information content (AvgIpc) is 3.11. The van der Waals surface area contributed by atoms with Crippen molar-refractivity contribution in [3.63, 3.8) is 0 Å². The summed E-state index contributed by atoms with van der Waals surface area (Å²) in [4.78, 5) is 28.3. The van der Waals surface area contributed by atoms with Gasteiger partial charge in [0.25, 0.3) is 0 Å². The van der Waals surface area contributed by atoms with Crippen LogP contribution in [0.1, 0.15) is 21.5 Å². The summed E-state index contributed by atoms with van der Waals surface area (Å²) in [5, 5.41) is 5.70. The number of nitrogens with zero attached hydrogens (tertiary/aromatic N) is 2. The smallest absolute Gasteiger partial charge is 0.319 e. The molecule has 4 aromatic rings. The van der Waals surface area contributed by atoms with Gasteiger partial charge in [-0.15, -0.1) is 0 Å². The minimum atomic E-state index is -0.483. The number of primary amides is 1. The molecule has 1 aromatic heterocycles. The van der Waals surface area contributed by atoms with E-state index < -0.39 is 5.91 Å². The number of aromatic nitrogens is 2. The van der Waals surface area contributed by atoms with E-state index in [2.05, 4.69) is 15.6 Å². The lowest BCUT2D eigenvalue weighted by atomic mass is 10.1. The summed E-state index contributed by atoms with van der Waals surface area (Å²) < 4.78 is 15.5. The Morgan fingerprint density at radius 1 is 1.09 bits per heavy atom. The number of halogens is 1. The number of hydrogen-bond donors (Lipinski definition) is 3. The van der Waals surface area contributed by atoms with Gasteiger partial charge in [0, 0.05) is 36.5 Å². The molecule has 0 spiro atoms. The van der Waals surface area contributed by atoms with Gasteiger partial charge in [-0.25, -0.2) is 14.2 Å². The molecule has 4 rings (SSSR count). The molecule has 1 heterocycles. The summed E-state index contributed by atoms with van der Waals surface area (Å²) in [6.45, 7) is 2.29. The first-order valence-electron chi connectivity index (χ1n) is 10.5. The van der Waals surface area contributed by atoms with E-state index >= 15 is 0 Å². The Balaban J connectivity index is 1.45. The minimum Gasteiger partial charge on any atom is -0.366 e. The number of amides is 3. The Morgan fingerprint density at radius 2 is 1.91 bits per heavy atom. The number of nitrogens with one attached hydrogen (secondary N) is 2. The van der Waals surface area contributed by atoms with Gasteiger partial charge in [-0.3, -0.25) is 4.79 Å². The van der Waals surface area contributed by atoms with E-state index in [-0.39, 0.29) is 11.8 Å². The van der Waals surface area contributed by atoms with Crippen LogP contribution in [0, 0.1) is 12.7 Å². The van der Waals surface area contributed by atoms with E-state index in [1.54, 1.807) is 24.3 Å². The van der Waals surface area contributed by atoms with Crippen molar-refractivity contribution in [2.75, 3.05) is 11.9 Å². The maximum absolute atomic E-state index is 13.6. The fourth-order valence-electron chi connectivity index (χ4n) is 3.69. The molecular weight excluding hydrogens is 421 g/mol. The van der Waals surface area contributed by atoms with E-state index in [1.807, 2.05) is 42.8 Å². The van der Waals surface area contributed by atoms with Crippen molar-refractivity contribution in [3.8, 4) is 11.4 Å². The number of anilines is 1. The molecular formula is C25H24FN5O2. The fourth-order valence-corrected chi connectivity index (χ4v) is 3.69. The summed E-state index contributed by atoms with van der Waals surface area (Å²) in [5.41, 5.74) is 10.4. The normalized spacial score (nSPS) is 10.9. The van der Waals surface area contributed by atoms with Crippen LogP contribution in [0.5, 0.6) is 0 Å². The van der Waals surface area contributed by atoms with Crippen molar-refractivity contribution in [1.29, 1.82) is 0 Å². The fraction of sp³-hybridized carbons (Fsp3) is 0.160. The van der Waals surface area contributed by atoms with Gasteiger partial charge >= 0.3 is 6.03 Å². The standard InChI is InChI=1S/C25H24FN5O2/c1-15-6-7-18(24-29-21-14-19(26)8-9-22(21)31(24)2)13-20(15)30-25(33)28-11-10-16-4-3-5-17(12-16)23(27)32/h3-9,12-14H,10-11H2,1-2H3,(H2,27,32)(H2,28,30,33). The number of carbonyl (C=O) groups is 2. The molecule has 0 bridgehead atoms. The molecule has 0 aliphatic heterocycles. The zero-order chi connectivity index (χ0) is 23.5. The van der Waals surface area contributed by atoms with Gasteiger partial charge in [-0.1, -0.05) is 24.3 Å². The van der Waals surface area contributed by atoms with Gasteiger partial charge in [0.05, 0.1) is 11.0 Å². The van der Waals surface area contributed by atoms with Crippen LogP contribution in [0.3, 0.4) is 0 Å². The highest BCUT2D eigenvalue weighted by atomic mass is 19.1. The average molecular weight is 445 g/mol. The monoisotopic (exact) mass is 445 g/mol. The molecule has 0 aliphatic carbocycles. The highest BCUT2D eigenvalue weighted by Gasteiger charge is 2.13. The van der Waals surface area contributed by atoms with Gasteiger partial charge in [-0.2, -0.15) is 0 Å². The van der Waals surface area contributed by atoms with Gasteiger partial charge in [0.1, 0.15) is 11.6 Å². The van der Waals surface area contributed by atoms with Gasteiger partial charge in [-0.05, 0) is 54.8 Å². The second-order valence-electron chi connectivity index (χ2n) is 7.85. The largest absolute Gasteiger partial charge is 0.366 e. The van der Waals surface area contributed by atoms with Gasteiger partial charge in [0.15, 0.2) is 0 Å². The lowest BCUT2D eigenvalue weighted by molar-refractivity contribution is 0.1000. The predicted octanol–water partition coefficient (Wildman–Crippen LogP) is 4.15. The number of rotatable bonds is 6. The molecule has 0 fully saturated rings. The molecule has 168 valence electrons. The highest BCUT2D eigenvalue weighted by molar-refractivity contribution is 5.93. The molecule has 4 N–H and O–H groups in total. The van der Waals surface area contributed by atoms with Crippen LogP contribution in [-0.4, -0.2) is 28.0 Å². The van der Waals surface area contributed by atoms with Crippen molar-refractivity contribution in [2.45, 2.75) is 13.3 Å². The van der Waals surface area contributed by atoms with E-state index in [1.165, 1.54) is 12.1 Å². The molecule has 0 atom stereocenters. The molecule has 7 nitrogen and oxygen atoms in total. The Morgan fingerprint density at radius 3 is 2.70 bits per heavy atom. The molecule has 8 heteroatoms. The van der Waals surface area contributed by atoms with E-state index in [4.69, 9.17) is 5.73 Å². The Bertz CT molecular complexity index is 1360. The molecule has 0 radical (unpaired) electrons. The lowest BCUT2D eigenvalue weighted by Gasteiger charge is -2.12. The van der Waals surface area contributed by atoms with Crippen molar-refractivity contribution in [2.24, 2.45) is 12.8 Å². The van der Waals surface area contributed by atoms with Crippen LogP contribution < -0.4 is 16.4 Å². The highest BCUT2D eigenvalue weighted by Crippen LogP contribution is 2.28. The Kier molecular flexibility index (Phi) is 6.08. The number of imidazole rings is 1. The number of urea groups is 1. The van der Waals surface area contributed by atoms with Crippen LogP contribution in [0.15, 0.2) is 60.7 Å². The maximum atomic E-state index is 13.6. The quantitative estimate of drug-likeness (QED) is 0.415. The van der Waals surface area contributed by atoms with Crippen molar-refractivity contribution in [1.82, 2.24) is 14.9 Å². The number of benzene rings is 3. The number of nitrogens with two attached hydrogens (primary N) is 1. The lowest BCUT2D eigenvalue weighted by Crippen LogP contribution is -2.30. The minimum absolute atomic E-state index is 0.337. The zero-order valence-corrected chi connectivity index (χ0v) is 18.4. The third-order valence-corrected chi connectivity index (χ3v) is 5.50. The number of hydrogen-bond acceptors (Lipinski definition) is 3. The summed E-state index contributed by atoms with van der Waals surface area (Å²) in [5.74, 6) is -0.145. The molecule has 33 heavy (non-hydrogen) atoms. The number of aryl methyl sites for hydroxylation is 2. The molecule has 0 unspecified atom stereocenters. The first-order valence-corrected chi connectivity index (χ1v) is 10.5. The SMILES string of the molecule is Cc1ccc(-c2nc3cc(F)ccc3n2C)cc1NC(=O)NCCc1cccc(C(N)=O)c1. The van der Waals surface area contributed by atoms with Gasteiger partial charge < -0.3 is 20.9 Å². The molecule has 0 saturated heterocycles. The van der Waals surface area contributed by atoms with Crippen LogP contribution >= 0.6 is 0 Å². The van der Waals surface area contributed by atoms with Crippen LogP contribution in [0.25, 0.3) is 22.4 Å². The first kappa shape index (κ1) is 22.0. The molecule has 0 aliphatic rings. The number of carbonyl (C=O) groups excluding carboxylic acids is 2. The summed E-state index contributed by atoms with van der Waals surface area (Å²) >= 11 is 0. The summed E-state index contributed by atoms with van der Waals surface area (Å²) in [6.07, 6.45) is 0.560. The van der Waals surface area contributed by atoms with E-state index in [0.29, 0.717) is 35.6 Å². The first-order chi connectivity index (χ1) is 15.8. The topological polar surface area (TPSA) is 102 Å². The second-order valence-corrected chi connectivity index (χ2v) is 7.85. The maximum Gasteiger partial charge on any atom is 0.319 e. The summed E-state index contributed by atoms with van der Waals surface area (Å²) in [7, 11) is 1.87. The summed E-state index contributed by atoms with van der Waals surface area (Å²) in [6, 6.07) is 16.9. The van der Waals surface area contributed by atoms with Crippen molar-refractivity contribution in [3.05, 3.63) is 83.2 Å². The molecule has 0 saturated carbocycles. The third kappa shape index (κ3) is 4.85. The van der Waals surface area contributed by atoms with Gasteiger partial charge in [0.2, 0.25) is 5.91 Å². The van der Waals surface area contributed by atoms with Crippen molar-refractivity contribution >= 4 is 28.7 Å². The zero-order valence-electron chi connectivity index (χ0n) is 18.4. The third-order valence-electron chi connectivity index (χ3n) is 5.50. The number of fused-ring (bicyclic) bond motifs is 1. The predicted molar refractivity (Wildman–Crippen MR) is 127 cm³/mol. The van der Waals surface area contributed by atoms with E-state index in [0.717, 1.165) is 22.2 Å². The molecule has 3 aromatic carbocycles. The van der Waals surface area contributed by atoms with Crippen molar-refractivity contribution < 1.29 is 14.0 Å². The molecule has 3 amide bonds. The van der Waals surface area contributed by atoms with Crippen LogP contribution in [0.4, 0.5) is 14.9 Å².